The average molecular weight is 342 g/mol. The number of fused-ring (bicyclic) bond motifs is 2. The molecule has 4 nitrogen and oxygen atoms in total. The summed E-state index contributed by atoms with van der Waals surface area (Å²) in [5.74, 6) is 0. The number of benzene rings is 2. The molecule has 0 fully saturated rings. The van der Waals surface area contributed by atoms with Gasteiger partial charge in [0.05, 0.1) is 20.4 Å². The summed E-state index contributed by atoms with van der Waals surface area (Å²) >= 11 is 8.49. The van der Waals surface area contributed by atoms with Crippen LogP contribution in [0, 0.1) is 0 Å². The van der Waals surface area contributed by atoms with Gasteiger partial charge < -0.3 is 10.6 Å². The predicted octanol–water partition coefficient (Wildman–Crippen LogP) is 4.71. The molecule has 2 aromatic heterocycles. The van der Waals surface area contributed by atoms with Crippen LogP contribution in [0.5, 0.6) is 0 Å². The molecule has 0 bridgehead atoms. The third-order valence-corrected chi connectivity index (χ3v) is 5.14. The Morgan fingerprint density at radius 3 is 1.68 bits per heavy atom. The molecule has 108 valence electrons. The van der Waals surface area contributed by atoms with Gasteiger partial charge in [-0.1, -0.05) is 46.9 Å². The van der Waals surface area contributed by atoms with E-state index >= 15 is 0 Å². The molecule has 0 amide bonds. The average Bonchev–Trinajstić information content (AvgIpc) is 3.08. The highest BCUT2D eigenvalue weighted by atomic mass is 32.1. The Morgan fingerprint density at radius 1 is 0.773 bits per heavy atom. The van der Waals surface area contributed by atoms with Crippen molar-refractivity contribution in [2.24, 2.45) is 0 Å². The first-order valence-electron chi connectivity index (χ1n) is 6.57. The Balaban J connectivity index is 1.52. The maximum absolute atomic E-state index is 5.34. The molecule has 7 heteroatoms. The number of aromatic nitrogens is 2. The molecule has 0 saturated carbocycles. The number of nitrogens with zero attached hydrogens (tertiary/aromatic N) is 2. The fourth-order valence-electron chi connectivity index (χ4n) is 2.08. The molecule has 0 spiro atoms. The largest absolute Gasteiger partial charge is 0.308 e. The number of thiocarbonyl (C=S) groups is 1. The second-order valence-corrected chi connectivity index (χ2v) is 7.02. The Labute approximate surface area is 139 Å². The maximum Gasteiger partial charge on any atom is 0.190 e. The molecule has 2 heterocycles. The maximum atomic E-state index is 5.34. The van der Waals surface area contributed by atoms with Crippen LogP contribution in [0.4, 0.5) is 10.3 Å². The van der Waals surface area contributed by atoms with E-state index in [-0.39, 0.29) is 0 Å². The van der Waals surface area contributed by atoms with Gasteiger partial charge in [-0.2, -0.15) is 0 Å². The Hall–Kier alpha value is -2.09. The third-order valence-electron chi connectivity index (χ3n) is 3.03. The normalized spacial score (nSPS) is 10.9. The summed E-state index contributed by atoms with van der Waals surface area (Å²) in [7, 11) is 0. The highest BCUT2D eigenvalue weighted by Gasteiger charge is 2.07. The standard InChI is InChI=1S/C15H10N4S3/c20-13(18-14-16-9-5-1-3-7-11(9)21-14)19-15-17-10-6-2-4-8-12(10)22-15/h1-8H,(H2,16,17,18,19,20). The Bertz CT molecular complexity index is 829. The van der Waals surface area contributed by atoms with Gasteiger partial charge in [-0.3, -0.25) is 0 Å². The minimum Gasteiger partial charge on any atom is -0.308 e. The van der Waals surface area contributed by atoms with Crippen molar-refractivity contribution in [1.29, 1.82) is 0 Å². The molecule has 0 aliphatic heterocycles. The summed E-state index contributed by atoms with van der Waals surface area (Å²) in [4.78, 5) is 9.00. The minimum absolute atomic E-state index is 0.498. The van der Waals surface area contributed by atoms with Crippen molar-refractivity contribution in [2.75, 3.05) is 10.6 Å². The quantitative estimate of drug-likeness (QED) is 0.517. The van der Waals surface area contributed by atoms with Crippen molar-refractivity contribution in [3.05, 3.63) is 48.5 Å². The molecule has 0 radical (unpaired) electrons. The molecular formula is C15H10N4S3. The van der Waals surface area contributed by atoms with E-state index < -0.39 is 0 Å². The van der Waals surface area contributed by atoms with E-state index in [0.29, 0.717) is 5.11 Å². The lowest BCUT2D eigenvalue weighted by atomic mass is 10.3. The first-order chi connectivity index (χ1) is 10.8. The van der Waals surface area contributed by atoms with Crippen LogP contribution in [-0.4, -0.2) is 15.1 Å². The minimum atomic E-state index is 0.498. The molecule has 0 atom stereocenters. The zero-order valence-electron chi connectivity index (χ0n) is 11.2. The van der Waals surface area contributed by atoms with Crippen LogP contribution in [0.2, 0.25) is 0 Å². The third kappa shape index (κ3) is 2.66. The molecule has 22 heavy (non-hydrogen) atoms. The van der Waals surface area contributed by atoms with Gasteiger partial charge in [-0.25, -0.2) is 9.97 Å². The van der Waals surface area contributed by atoms with E-state index in [0.717, 1.165) is 30.7 Å². The van der Waals surface area contributed by atoms with Crippen molar-refractivity contribution < 1.29 is 0 Å². The fraction of sp³-hybridized carbons (Fsp3) is 0. The van der Waals surface area contributed by atoms with Crippen molar-refractivity contribution in [3.63, 3.8) is 0 Å². The fourth-order valence-corrected chi connectivity index (χ4v) is 4.14. The Morgan fingerprint density at radius 2 is 1.23 bits per heavy atom. The molecule has 0 saturated heterocycles. The van der Waals surface area contributed by atoms with E-state index in [1.807, 2.05) is 48.5 Å². The van der Waals surface area contributed by atoms with E-state index in [1.165, 1.54) is 0 Å². The summed E-state index contributed by atoms with van der Waals surface area (Å²) < 4.78 is 2.26. The lowest BCUT2D eigenvalue weighted by molar-refractivity contribution is 1.45. The summed E-state index contributed by atoms with van der Waals surface area (Å²) in [6, 6.07) is 16.0. The van der Waals surface area contributed by atoms with Gasteiger partial charge in [-0.05, 0) is 36.5 Å². The molecular weight excluding hydrogens is 332 g/mol. The predicted molar refractivity (Wildman–Crippen MR) is 99.1 cm³/mol. The van der Waals surface area contributed by atoms with Crippen molar-refractivity contribution in [1.82, 2.24) is 9.97 Å². The van der Waals surface area contributed by atoms with Crippen molar-refractivity contribution in [3.8, 4) is 0 Å². The van der Waals surface area contributed by atoms with Gasteiger partial charge in [0.1, 0.15) is 0 Å². The SMILES string of the molecule is S=C(Nc1nc2ccccc2s1)Nc1nc2ccccc2s1. The van der Waals surface area contributed by atoms with Gasteiger partial charge in [0.25, 0.3) is 0 Å². The van der Waals surface area contributed by atoms with Gasteiger partial charge in [0.2, 0.25) is 0 Å². The Kier molecular flexibility index (Phi) is 3.45. The van der Waals surface area contributed by atoms with E-state index in [4.69, 9.17) is 12.2 Å². The van der Waals surface area contributed by atoms with E-state index in [2.05, 4.69) is 20.6 Å². The second kappa shape index (κ2) is 5.60. The number of anilines is 2. The number of hydrogen-bond acceptors (Lipinski definition) is 5. The summed E-state index contributed by atoms with van der Waals surface area (Å²) in [6.07, 6.45) is 0. The van der Waals surface area contributed by atoms with Crippen molar-refractivity contribution >= 4 is 70.7 Å². The van der Waals surface area contributed by atoms with E-state index in [9.17, 15) is 0 Å². The van der Waals surface area contributed by atoms with Crippen LogP contribution in [0.1, 0.15) is 0 Å². The number of rotatable bonds is 2. The number of hydrogen-bond donors (Lipinski definition) is 2. The first-order valence-corrected chi connectivity index (χ1v) is 8.61. The summed E-state index contributed by atoms with van der Waals surface area (Å²) in [6.45, 7) is 0. The van der Waals surface area contributed by atoms with Crippen LogP contribution >= 0.6 is 34.9 Å². The summed E-state index contributed by atoms with van der Waals surface area (Å²) in [5.41, 5.74) is 1.94. The van der Waals surface area contributed by atoms with Gasteiger partial charge in [0.15, 0.2) is 15.4 Å². The molecule has 4 rings (SSSR count). The lowest BCUT2D eigenvalue weighted by Crippen LogP contribution is -2.18. The smallest absolute Gasteiger partial charge is 0.190 e. The zero-order valence-corrected chi connectivity index (χ0v) is 13.7. The van der Waals surface area contributed by atoms with Crippen LogP contribution in [0.25, 0.3) is 20.4 Å². The highest BCUT2D eigenvalue weighted by molar-refractivity contribution is 7.80. The first kappa shape index (κ1) is 13.6. The van der Waals surface area contributed by atoms with Gasteiger partial charge in [-0.15, -0.1) is 0 Å². The van der Waals surface area contributed by atoms with Crippen LogP contribution in [-0.2, 0) is 0 Å². The molecule has 0 unspecified atom stereocenters. The summed E-state index contributed by atoms with van der Waals surface area (Å²) in [5, 5.41) is 8.29. The van der Waals surface area contributed by atoms with Gasteiger partial charge in [0, 0.05) is 0 Å². The topological polar surface area (TPSA) is 49.8 Å². The van der Waals surface area contributed by atoms with Crippen LogP contribution < -0.4 is 10.6 Å². The van der Waals surface area contributed by atoms with E-state index in [1.54, 1.807) is 22.7 Å². The number of para-hydroxylation sites is 2. The van der Waals surface area contributed by atoms with Crippen molar-refractivity contribution in [2.45, 2.75) is 0 Å². The van der Waals surface area contributed by atoms with Crippen LogP contribution in [0.15, 0.2) is 48.5 Å². The molecule has 2 N–H and O–H groups in total. The zero-order chi connectivity index (χ0) is 14.9. The monoisotopic (exact) mass is 342 g/mol. The lowest BCUT2D eigenvalue weighted by Gasteiger charge is -2.04. The second-order valence-electron chi connectivity index (χ2n) is 4.55. The molecule has 0 aliphatic rings. The highest BCUT2D eigenvalue weighted by Crippen LogP contribution is 2.27. The molecule has 4 aromatic rings. The number of nitrogens with one attached hydrogen (secondary N) is 2. The van der Waals surface area contributed by atoms with Crippen LogP contribution in [0.3, 0.4) is 0 Å². The number of thiazole rings is 2. The molecule has 0 aliphatic carbocycles. The van der Waals surface area contributed by atoms with Gasteiger partial charge >= 0.3 is 0 Å². The molecule has 2 aromatic carbocycles.